The summed E-state index contributed by atoms with van der Waals surface area (Å²) in [6, 6.07) is 12.5. The van der Waals surface area contributed by atoms with Gasteiger partial charge in [-0.1, -0.05) is 47.5 Å². The Hall–Kier alpha value is -2.87. The Morgan fingerprint density at radius 3 is 1.14 bits per heavy atom. The number of aryl methyl sites for hydroxylation is 7. The number of rotatable bonds is 3. The smallest absolute Gasteiger partial charge is 0.336 e. The molecule has 0 amide bonds. The zero-order chi connectivity index (χ0) is 20.7. The number of benzene rings is 3. The molecule has 1 N–H and O–H groups in total. The highest BCUT2D eigenvalue weighted by Crippen LogP contribution is 2.39. The summed E-state index contributed by atoms with van der Waals surface area (Å²) in [5.41, 5.74) is 11.9. The second-order valence-electron chi connectivity index (χ2n) is 8.09. The number of carboxylic acids is 1. The summed E-state index contributed by atoms with van der Waals surface area (Å²) in [4.78, 5) is 12.5. The first-order valence-electron chi connectivity index (χ1n) is 9.64. The number of hydrogen-bond acceptors (Lipinski definition) is 1. The summed E-state index contributed by atoms with van der Waals surface area (Å²) in [6.07, 6.45) is 0. The van der Waals surface area contributed by atoms with Gasteiger partial charge in [0.15, 0.2) is 0 Å². The summed E-state index contributed by atoms with van der Waals surface area (Å²) in [6.45, 7) is 14.4. The zero-order valence-corrected chi connectivity index (χ0v) is 17.8. The van der Waals surface area contributed by atoms with Gasteiger partial charge >= 0.3 is 5.97 Å². The van der Waals surface area contributed by atoms with Gasteiger partial charge in [0.1, 0.15) is 0 Å². The van der Waals surface area contributed by atoms with Crippen LogP contribution in [0.25, 0.3) is 22.3 Å². The number of aromatic carboxylic acids is 1. The highest BCUT2D eigenvalue weighted by Gasteiger charge is 2.23. The molecule has 3 aromatic carbocycles. The molecule has 0 saturated heterocycles. The lowest BCUT2D eigenvalue weighted by atomic mass is 9.83. The van der Waals surface area contributed by atoms with Gasteiger partial charge in [-0.25, -0.2) is 4.79 Å². The molecule has 2 heteroatoms. The molecular formula is C26H28O2. The molecule has 3 rings (SSSR count). The minimum absolute atomic E-state index is 0.385. The van der Waals surface area contributed by atoms with Crippen molar-refractivity contribution >= 4 is 5.97 Å². The molecule has 0 fully saturated rings. The van der Waals surface area contributed by atoms with Crippen LogP contribution in [0.15, 0.2) is 36.4 Å². The van der Waals surface area contributed by atoms with E-state index in [1.807, 2.05) is 19.1 Å². The fourth-order valence-electron chi connectivity index (χ4n) is 4.62. The van der Waals surface area contributed by atoms with Crippen molar-refractivity contribution in [3.63, 3.8) is 0 Å². The maximum atomic E-state index is 12.5. The van der Waals surface area contributed by atoms with Gasteiger partial charge in [0.2, 0.25) is 0 Å². The predicted octanol–water partition coefficient (Wildman–Crippen LogP) is 6.88. The van der Waals surface area contributed by atoms with Gasteiger partial charge < -0.3 is 5.11 Å². The third-order valence-electron chi connectivity index (χ3n) is 5.39. The van der Waals surface area contributed by atoms with Crippen LogP contribution >= 0.6 is 0 Å². The van der Waals surface area contributed by atoms with Crippen molar-refractivity contribution in [2.45, 2.75) is 48.5 Å². The minimum Gasteiger partial charge on any atom is -0.478 e. The Bertz CT molecular complexity index is 979. The topological polar surface area (TPSA) is 37.3 Å². The average Bonchev–Trinajstić information content (AvgIpc) is 2.52. The first-order valence-corrected chi connectivity index (χ1v) is 9.64. The largest absolute Gasteiger partial charge is 0.478 e. The molecule has 2 nitrogen and oxygen atoms in total. The van der Waals surface area contributed by atoms with Crippen molar-refractivity contribution in [1.82, 2.24) is 0 Å². The van der Waals surface area contributed by atoms with Crippen molar-refractivity contribution < 1.29 is 9.90 Å². The first-order chi connectivity index (χ1) is 13.1. The lowest BCUT2D eigenvalue weighted by Gasteiger charge is -2.20. The third-order valence-corrected chi connectivity index (χ3v) is 5.39. The fraction of sp³-hybridized carbons (Fsp3) is 0.269. The van der Waals surface area contributed by atoms with E-state index in [9.17, 15) is 9.90 Å². The van der Waals surface area contributed by atoms with Crippen molar-refractivity contribution in [2.24, 2.45) is 0 Å². The maximum Gasteiger partial charge on any atom is 0.336 e. The molecule has 0 atom stereocenters. The molecule has 0 heterocycles. The Morgan fingerprint density at radius 2 is 0.857 bits per heavy atom. The van der Waals surface area contributed by atoms with Gasteiger partial charge in [0.25, 0.3) is 0 Å². The van der Waals surface area contributed by atoms with Crippen molar-refractivity contribution in [3.05, 3.63) is 80.9 Å². The van der Waals surface area contributed by atoms with Crippen LogP contribution in [0, 0.1) is 48.5 Å². The van der Waals surface area contributed by atoms with E-state index < -0.39 is 5.97 Å². The van der Waals surface area contributed by atoms with Crippen molar-refractivity contribution in [2.75, 3.05) is 0 Å². The van der Waals surface area contributed by atoms with Crippen LogP contribution in [0.2, 0.25) is 0 Å². The second-order valence-corrected chi connectivity index (χ2v) is 8.09. The third kappa shape index (κ3) is 3.47. The molecular weight excluding hydrogens is 344 g/mol. The highest BCUT2D eigenvalue weighted by atomic mass is 16.4. The second kappa shape index (κ2) is 7.27. The van der Waals surface area contributed by atoms with Crippen LogP contribution < -0.4 is 0 Å². The van der Waals surface area contributed by atoms with Crippen LogP contribution in [-0.2, 0) is 0 Å². The molecule has 3 aromatic rings. The summed E-state index contributed by atoms with van der Waals surface area (Å²) >= 11 is 0. The summed E-state index contributed by atoms with van der Waals surface area (Å²) in [7, 11) is 0. The molecule has 0 aliphatic carbocycles. The summed E-state index contributed by atoms with van der Waals surface area (Å²) in [5.74, 6) is -0.885. The molecule has 144 valence electrons. The fourth-order valence-corrected chi connectivity index (χ4v) is 4.62. The van der Waals surface area contributed by atoms with E-state index in [-0.39, 0.29) is 0 Å². The summed E-state index contributed by atoms with van der Waals surface area (Å²) in [5, 5.41) is 10.2. The number of hydrogen-bond donors (Lipinski definition) is 1. The van der Waals surface area contributed by atoms with Gasteiger partial charge in [-0.05, 0) is 98.5 Å². The first kappa shape index (κ1) is 19.9. The van der Waals surface area contributed by atoms with Crippen LogP contribution in [-0.4, -0.2) is 11.1 Å². The average molecular weight is 373 g/mol. The predicted molar refractivity (Wildman–Crippen MR) is 117 cm³/mol. The Labute approximate surface area is 167 Å². The molecule has 0 spiro atoms. The van der Waals surface area contributed by atoms with E-state index >= 15 is 0 Å². The lowest BCUT2D eigenvalue weighted by molar-refractivity contribution is 0.0698. The number of carboxylic acid groups (broad SMARTS) is 1. The molecule has 0 aliphatic heterocycles. The molecule has 0 radical (unpaired) electrons. The van der Waals surface area contributed by atoms with E-state index in [1.165, 1.54) is 11.1 Å². The minimum atomic E-state index is -0.885. The molecule has 0 aromatic heterocycles. The zero-order valence-electron chi connectivity index (χ0n) is 17.8. The van der Waals surface area contributed by atoms with Gasteiger partial charge in [-0.15, -0.1) is 0 Å². The highest BCUT2D eigenvalue weighted by molar-refractivity contribution is 6.04. The molecule has 0 saturated carbocycles. The van der Waals surface area contributed by atoms with E-state index in [0.29, 0.717) is 5.56 Å². The van der Waals surface area contributed by atoms with Crippen LogP contribution in [0.3, 0.4) is 0 Å². The molecule has 0 unspecified atom stereocenters. The van der Waals surface area contributed by atoms with Gasteiger partial charge in [0.05, 0.1) is 5.56 Å². The van der Waals surface area contributed by atoms with Crippen LogP contribution in [0.4, 0.5) is 0 Å². The van der Waals surface area contributed by atoms with Crippen LogP contribution in [0.5, 0.6) is 0 Å². The van der Waals surface area contributed by atoms with Crippen molar-refractivity contribution in [1.29, 1.82) is 0 Å². The Kier molecular flexibility index (Phi) is 5.16. The molecule has 28 heavy (non-hydrogen) atoms. The normalized spacial score (nSPS) is 11.0. The van der Waals surface area contributed by atoms with Crippen LogP contribution in [0.1, 0.15) is 49.3 Å². The molecule has 0 bridgehead atoms. The quantitative estimate of drug-likeness (QED) is 0.544. The Morgan fingerprint density at radius 1 is 0.571 bits per heavy atom. The Balaban J connectivity index is 2.46. The van der Waals surface area contributed by atoms with E-state index in [4.69, 9.17) is 0 Å². The SMILES string of the molecule is Cc1cc(C)c(-c2cc(C)cc(-c3c(C)cc(C)cc3C)c2C(=O)O)c(C)c1. The van der Waals surface area contributed by atoms with Crippen molar-refractivity contribution in [3.8, 4) is 22.3 Å². The van der Waals surface area contributed by atoms with E-state index in [0.717, 1.165) is 50.1 Å². The summed E-state index contributed by atoms with van der Waals surface area (Å²) < 4.78 is 0. The monoisotopic (exact) mass is 372 g/mol. The van der Waals surface area contributed by atoms with Gasteiger partial charge in [-0.3, -0.25) is 0 Å². The van der Waals surface area contributed by atoms with Gasteiger partial charge in [0, 0.05) is 0 Å². The maximum absolute atomic E-state index is 12.5. The molecule has 0 aliphatic rings. The number of carbonyl (C=O) groups is 1. The van der Waals surface area contributed by atoms with E-state index in [2.05, 4.69) is 65.8 Å². The standard InChI is InChI=1S/C26H28O2/c1-14-8-17(4)23(18(5)9-14)21-12-16(3)13-22(25(21)26(27)28)24-19(6)10-15(2)11-20(24)7/h8-13H,1-7H3,(H,27,28). The lowest BCUT2D eigenvalue weighted by Crippen LogP contribution is -2.07. The van der Waals surface area contributed by atoms with E-state index in [1.54, 1.807) is 0 Å². The van der Waals surface area contributed by atoms with Gasteiger partial charge in [-0.2, -0.15) is 0 Å².